The molecule has 1 aromatic carbocycles. The molecule has 0 aromatic heterocycles. The summed E-state index contributed by atoms with van der Waals surface area (Å²) in [7, 11) is 0. The summed E-state index contributed by atoms with van der Waals surface area (Å²) in [6.07, 6.45) is -5.67. The number of nitrogens with zero attached hydrogens (tertiary/aromatic N) is 2. The predicted molar refractivity (Wildman–Crippen MR) is 107 cm³/mol. The van der Waals surface area contributed by atoms with Gasteiger partial charge in [0.25, 0.3) is 0 Å². The Morgan fingerprint density at radius 2 is 1.91 bits per heavy atom. The second-order valence-corrected chi connectivity index (χ2v) is 9.26. The molecule has 33 heavy (non-hydrogen) atoms. The molecule has 11 heteroatoms. The van der Waals surface area contributed by atoms with E-state index in [0.29, 0.717) is 6.07 Å². The minimum Gasteiger partial charge on any atom is -0.447 e. The van der Waals surface area contributed by atoms with E-state index in [0.717, 1.165) is 17.0 Å². The number of fused-ring (bicyclic) bond motifs is 5. The highest BCUT2D eigenvalue weighted by Crippen LogP contribution is 2.61. The Kier molecular flexibility index (Phi) is 5.02. The van der Waals surface area contributed by atoms with Crippen LogP contribution in [0.25, 0.3) is 0 Å². The van der Waals surface area contributed by atoms with Crippen LogP contribution in [-0.4, -0.2) is 41.3 Å². The van der Waals surface area contributed by atoms with Gasteiger partial charge in [0.2, 0.25) is 11.8 Å². The Balaban J connectivity index is 1.70. The molecule has 3 aliphatic rings. The number of rotatable bonds is 3. The maximum absolute atomic E-state index is 13.4. The van der Waals surface area contributed by atoms with E-state index in [1.807, 2.05) is 0 Å². The van der Waals surface area contributed by atoms with Crippen molar-refractivity contribution in [3.8, 4) is 6.07 Å². The second-order valence-electron chi connectivity index (χ2n) is 9.26. The summed E-state index contributed by atoms with van der Waals surface area (Å²) >= 11 is 0. The monoisotopic (exact) mass is 465 g/mol. The average Bonchev–Trinajstić information content (AvgIpc) is 3.21. The number of nitriles is 1. The molecule has 3 amide bonds. The topological polar surface area (TPSA) is 109 Å². The molecule has 0 spiro atoms. The molecule has 176 valence electrons. The third kappa shape index (κ3) is 3.35. The van der Waals surface area contributed by atoms with Gasteiger partial charge in [0.15, 0.2) is 0 Å². The first-order chi connectivity index (χ1) is 15.2. The van der Waals surface area contributed by atoms with Crippen molar-refractivity contribution in [1.29, 1.82) is 5.26 Å². The van der Waals surface area contributed by atoms with Crippen LogP contribution in [0.15, 0.2) is 18.2 Å². The lowest BCUT2D eigenvalue weighted by Gasteiger charge is -2.35. The molecular formula is C22H22F3N3O5. The van der Waals surface area contributed by atoms with E-state index < -0.39 is 64.3 Å². The minimum absolute atomic E-state index is 0.228. The highest BCUT2D eigenvalue weighted by molar-refractivity contribution is 6.23. The molecule has 0 aliphatic carbocycles. The summed E-state index contributed by atoms with van der Waals surface area (Å²) in [5, 5.41) is 11.7. The quantitative estimate of drug-likeness (QED) is 0.687. The number of benzene rings is 1. The molecule has 3 aliphatic heterocycles. The van der Waals surface area contributed by atoms with Crippen LogP contribution in [0, 0.1) is 23.2 Å². The molecule has 2 bridgehead atoms. The lowest BCUT2D eigenvalue weighted by molar-refractivity contribution is -0.138. The van der Waals surface area contributed by atoms with Gasteiger partial charge in [-0.3, -0.25) is 9.59 Å². The summed E-state index contributed by atoms with van der Waals surface area (Å²) in [5.41, 5.74) is -4.46. The van der Waals surface area contributed by atoms with Gasteiger partial charge in [-0.25, -0.2) is 9.69 Å². The fraction of sp³-hybridized carbons (Fsp3) is 0.545. The Labute approximate surface area is 187 Å². The highest BCUT2D eigenvalue weighted by atomic mass is 19.4. The van der Waals surface area contributed by atoms with Crippen molar-refractivity contribution in [2.45, 2.75) is 63.6 Å². The van der Waals surface area contributed by atoms with Crippen LogP contribution in [0.3, 0.4) is 0 Å². The first kappa shape index (κ1) is 23.0. The van der Waals surface area contributed by atoms with Crippen molar-refractivity contribution in [3.63, 3.8) is 0 Å². The standard InChI is InChI=1S/C22H22F3N3O5/c1-10(2)32-19(31)27-14-8-20(3)15-16(21(14,4)33-20)18(30)28(17(15)29)12-6-5-11(9-26)13(7-12)22(23,24)25/h5-7,10,14-16H,8H2,1-4H3,(H,27,31)/t14-,15?,16?,20-,21+/m1/s1. The predicted octanol–water partition coefficient (Wildman–Crippen LogP) is 3.14. The summed E-state index contributed by atoms with van der Waals surface area (Å²) < 4.78 is 51.5. The number of imide groups is 1. The Hall–Kier alpha value is -3.13. The molecule has 8 nitrogen and oxygen atoms in total. The third-order valence-corrected chi connectivity index (χ3v) is 6.66. The lowest BCUT2D eigenvalue weighted by atomic mass is 9.66. The summed E-state index contributed by atoms with van der Waals surface area (Å²) in [6.45, 7) is 6.62. The van der Waals surface area contributed by atoms with Gasteiger partial charge in [-0.15, -0.1) is 0 Å². The van der Waals surface area contributed by atoms with Crippen LogP contribution in [0.2, 0.25) is 0 Å². The molecule has 3 fully saturated rings. The van der Waals surface area contributed by atoms with Gasteiger partial charge in [-0.1, -0.05) is 0 Å². The summed E-state index contributed by atoms with van der Waals surface area (Å²) in [4.78, 5) is 39.6. The van der Waals surface area contributed by atoms with Crippen molar-refractivity contribution in [3.05, 3.63) is 29.3 Å². The Bertz CT molecular complexity index is 1100. The van der Waals surface area contributed by atoms with Crippen LogP contribution < -0.4 is 10.2 Å². The fourth-order valence-electron chi connectivity index (χ4n) is 5.40. The van der Waals surface area contributed by atoms with Crippen LogP contribution in [-0.2, 0) is 25.2 Å². The number of halogens is 3. The highest BCUT2D eigenvalue weighted by Gasteiger charge is 2.76. The zero-order valence-electron chi connectivity index (χ0n) is 18.3. The number of carbonyl (C=O) groups excluding carboxylic acids is 3. The van der Waals surface area contributed by atoms with E-state index in [2.05, 4.69) is 5.32 Å². The zero-order valence-corrected chi connectivity index (χ0v) is 18.3. The van der Waals surface area contributed by atoms with Gasteiger partial charge in [0.1, 0.15) is 0 Å². The third-order valence-electron chi connectivity index (χ3n) is 6.66. The number of alkyl carbamates (subject to hydrolysis) is 1. The van der Waals surface area contributed by atoms with Gasteiger partial charge in [0, 0.05) is 6.42 Å². The summed E-state index contributed by atoms with van der Waals surface area (Å²) in [6, 6.07) is 3.56. The number of nitrogens with one attached hydrogen (secondary N) is 1. The number of hydrogen-bond acceptors (Lipinski definition) is 6. The number of hydrogen-bond donors (Lipinski definition) is 1. The van der Waals surface area contributed by atoms with Gasteiger partial charge in [-0.05, 0) is 45.9 Å². The molecular weight excluding hydrogens is 443 g/mol. The van der Waals surface area contributed by atoms with Gasteiger partial charge >= 0.3 is 12.3 Å². The van der Waals surface area contributed by atoms with E-state index in [1.165, 1.54) is 6.07 Å². The van der Waals surface area contributed by atoms with E-state index in [1.54, 1.807) is 27.7 Å². The van der Waals surface area contributed by atoms with Crippen LogP contribution >= 0.6 is 0 Å². The van der Waals surface area contributed by atoms with Crippen LogP contribution in [0.4, 0.5) is 23.7 Å². The molecule has 3 heterocycles. The minimum atomic E-state index is -4.84. The largest absolute Gasteiger partial charge is 0.447 e. The maximum atomic E-state index is 13.4. The average molecular weight is 465 g/mol. The normalized spacial score (nSPS) is 32.8. The van der Waals surface area contributed by atoms with E-state index in [4.69, 9.17) is 14.7 Å². The molecule has 5 atom stereocenters. The molecule has 2 unspecified atom stereocenters. The second kappa shape index (κ2) is 7.18. The Morgan fingerprint density at radius 1 is 1.27 bits per heavy atom. The van der Waals surface area contributed by atoms with Gasteiger partial charge in [0.05, 0.1) is 58.1 Å². The molecule has 0 radical (unpaired) electrons. The lowest BCUT2D eigenvalue weighted by Crippen LogP contribution is -2.56. The molecule has 4 rings (SSSR count). The van der Waals surface area contributed by atoms with Crippen molar-refractivity contribution >= 4 is 23.6 Å². The number of ether oxygens (including phenoxy) is 2. The first-order valence-electron chi connectivity index (χ1n) is 10.4. The number of alkyl halides is 3. The van der Waals surface area contributed by atoms with Crippen molar-refractivity contribution in [2.75, 3.05) is 4.90 Å². The zero-order chi connectivity index (χ0) is 24.5. The van der Waals surface area contributed by atoms with Crippen molar-refractivity contribution in [1.82, 2.24) is 5.32 Å². The van der Waals surface area contributed by atoms with Crippen molar-refractivity contribution < 1.29 is 37.0 Å². The van der Waals surface area contributed by atoms with Crippen molar-refractivity contribution in [2.24, 2.45) is 11.8 Å². The van der Waals surface area contributed by atoms with E-state index in [-0.39, 0.29) is 18.2 Å². The molecule has 1 N–H and O–H groups in total. The number of carbonyl (C=O) groups is 3. The van der Waals surface area contributed by atoms with E-state index >= 15 is 0 Å². The Morgan fingerprint density at radius 3 is 2.48 bits per heavy atom. The smallest absolute Gasteiger partial charge is 0.417 e. The van der Waals surface area contributed by atoms with Gasteiger partial charge < -0.3 is 14.8 Å². The summed E-state index contributed by atoms with van der Waals surface area (Å²) in [5.74, 6) is -3.30. The van der Waals surface area contributed by atoms with E-state index in [9.17, 15) is 27.6 Å². The van der Waals surface area contributed by atoms with Crippen LogP contribution in [0.1, 0.15) is 45.2 Å². The molecule has 1 aromatic rings. The molecule has 3 saturated heterocycles. The number of anilines is 1. The van der Waals surface area contributed by atoms with Crippen LogP contribution in [0.5, 0.6) is 0 Å². The molecule has 0 saturated carbocycles. The number of amides is 3. The van der Waals surface area contributed by atoms with Gasteiger partial charge in [-0.2, -0.15) is 18.4 Å². The SMILES string of the molecule is CC(C)OC(=O)N[C@@H]1C[C@@]2(C)O[C@]1(C)C1C(=O)N(c3ccc(C#N)c(C(F)(F)F)c3)C(=O)C12. The first-order valence-corrected chi connectivity index (χ1v) is 10.4. The fourth-order valence-corrected chi connectivity index (χ4v) is 5.40. The maximum Gasteiger partial charge on any atom is 0.417 e.